The quantitative estimate of drug-likeness (QED) is 0.709. The predicted octanol–water partition coefficient (Wildman–Crippen LogP) is 3.68. The van der Waals surface area contributed by atoms with Gasteiger partial charge in [-0.25, -0.2) is 0 Å². The molecule has 0 saturated heterocycles. The van der Waals surface area contributed by atoms with Crippen LogP contribution < -0.4 is 5.32 Å². The number of benzene rings is 2. The zero-order valence-corrected chi connectivity index (χ0v) is 13.6. The number of aromatic nitrogens is 1. The van der Waals surface area contributed by atoms with Crippen LogP contribution in [0.2, 0.25) is 0 Å². The van der Waals surface area contributed by atoms with Crippen molar-refractivity contribution in [2.75, 3.05) is 12.4 Å². The molecule has 0 aliphatic carbocycles. The molecular formula is C20H17N3O. The van der Waals surface area contributed by atoms with Crippen LogP contribution in [0.25, 0.3) is 10.9 Å². The summed E-state index contributed by atoms with van der Waals surface area (Å²) in [5.41, 5.74) is 3.96. The number of anilines is 1. The summed E-state index contributed by atoms with van der Waals surface area (Å²) in [7, 11) is 1.87. The second-order valence-corrected chi connectivity index (χ2v) is 5.36. The van der Waals surface area contributed by atoms with E-state index in [1.54, 1.807) is 18.2 Å². The molecule has 24 heavy (non-hydrogen) atoms. The van der Waals surface area contributed by atoms with Crippen molar-refractivity contribution in [2.45, 2.75) is 13.5 Å². The Morgan fingerprint density at radius 2 is 1.88 bits per heavy atom. The number of phenolic OH excluding ortho intramolecular Hbond substituents is 1. The number of hydrogen-bond donors (Lipinski definition) is 2. The van der Waals surface area contributed by atoms with Crippen LogP contribution in [0.15, 0.2) is 42.5 Å². The van der Waals surface area contributed by atoms with Crippen LogP contribution in [-0.2, 0) is 6.54 Å². The summed E-state index contributed by atoms with van der Waals surface area (Å²) in [6.07, 6.45) is 0. The Morgan fingerprint density at radius 1 is 1.12 bits per heavy atom. The Morgan fingerprint density at radius 3 is 2.50 bits per heavy atom. The van der Waals surface area contributed by atoms with Crippen molar-refractivity contribution >= 4 is 16.6 Å². The lowest BCUT2D eigenvalue weighted by Crippen LogP contribution is -1.98. The SMILES string of the molecule is CCn1c(C#Cc2ccc(NC)cc2)c(C#N)c2ccc(O)cc21. The van der Waals surface area contributed by atoms with Gasteiger partial charge in [0.2, 0.25) is 0 Å². The normalized spacial score (nSPS) is 10.0. The van der Waals surface area contributed by atoms with Gasteiger partial charge in [-0.05, 0) is 49.2 Å². The molecule has 0 radical (unpaired) electrons. The summed E-state index contributed by atoms with van der Waals surface area (Å²) >= 11 is 0. The van der Waals surface area contributed by atoms with Gasteiger partial charge in [0, 0.05) is 36.3 Å². The number of nitrogens with one attached hydrogen (secondary N) is 1. The summed E-state index contributed by atoms with van der Waals surface area (Å²) in [6.45, 7) is 2.67. The van der Waals surface area contributed by atoms with E-state index >= 15 is 0 Å². The summed E-state index contributed by atoms with van der Waals surface area (Å²) in [5, 5.41) is 23.2. The highest BCUT2D eigenvalue weighted by molar-refractivity contribution is 5.90. The van der Waals surface area contributed by atoms with Crippen molar-refractivity contribution in [1.29, 1.82) is 5.26 Å². The summed E-state index contributed by atoms with van der Waals surface area (Å²) in [5.74, 6) is 6.44. The van der Waals surface area contributed by atoms with Gasteiger partial charge in [0.25, 0.3) is 0 Å². The molecular weight excluding hydrogens is 298 g/mol. The number of nitriles is 1. The minimum atomic E-state index is 0.182. The van der Waals surface area contributed by atoms with Crippen molar-refractivity contribution in [3.8, 4) is 23.7 Å². The fourth-order valence-electron chi connectivity index (χ4n) is 2.76. The molecule has 0 aliphatic rings. The van der Waals surface area contributed by atoms with Gasteiger partial charge in [-0.1, -0.05) is 5.92 Å². The molecule has 0 fully saturated rings. The highest BCUT2D eigenvalue weighted by atomic mass is 16.3. The van der Waals surface area contributed by atoms with E-state index in [1.807, 2.05) is 42.8 Å². The van der Waals surface area contributed by atoms with Crippen LogP contribution in [-0.4, -0.2) is 16.7 Å². The molecule has 3 aromatic rings. The van der Waals surface area contributed by atoms with Gasteiger partial charge in [0.1, 0.15) is 17.5 Å². The average molecular weight is 315 g/mol. The highest BCUT2D eigenvalue weighted by Crippen LogP contribution is 2.28. The van der Waals surface area contributed by atoms with Crippen LogP contribution >= 0.6 is 0 Å². The standard InChI is InChI=1S/C20H17N3O/c1-3-23-19(11-6-14-4-7-15(22-2)8-5-14)18(13-21)17-10-9-16(24)12-20(17)23/h4-5,7-10,12,22,24H,3H2,1-2H3. The first kappa shape index (κ1) is 15.5. The first-order valence-electron chi connectivity index (χ1n) is 7.73. The van der Waals surface area contributed by atoms with Crippen LogP contribution in [0.3, 0.4) is 0 Å². The molecule has 0 bridgehead atoms. The molecule has 1 heterocycles. The van der Waals surface area contributed by atoms with E-state index in [1.165, 1.54) is 0 Å². The molecule has 0 spiro atoms. The second kappa shape index (κ2) is 6.40. The lowest BCUT2D eigenvalue weighted by Gasteiger charge is -2.03. The molecule has 0 unspecified atom stereocenters. The smallest absolute Gasteiger partial charge is 0.117 e. The van der Waals surface area contributed by atoms with Gasteiger partial charge in [-0.3, -0.25) is 0 Å². The van der Waals surface area contributed by atoms with Gasteiger partial charge in [-0.15, -0.1) is 0 Å². The van der Waals surface area contributed by atoms with Gasteiger partial charge in [0.15, 0.2) is 0 Å². The van der Waals surface area contributed by atoms with E-state index in [9.17, 15) is 10.4 Å². The Balaban J connectivity index is 2.15. The molecule has 0 aliphatic heterocycles. The number of aromatic hydroxyl groups is 1. The summed E-state index contributed by atoms with van der Waals surface area (Å²) in [6, 6.07) is 15.1. The van der Waals surface area contributed by atoms with Gasteiger partial charge >= 0.3 is 0 Å². The number of rotatable bonds is 2. The van der Waals surface area contributed by atoms with Crippen LogP contribution in [0.1, 0.15) is 23.7 Å². The van der Waals surface area contributed by atoms with Crippen molar-refractivity contribution in [2.24, 2.45) is 0 Å². The van der Waals surface area contributed by atoms with Gasteiger partial charge in [0.05, 0.1) is 11.1 Å². The molecule has 0 atom stereocenters. The first-order valence-corrected chi connectivity index (χ1v) is 7.73. The van der Waals surface area contributed by atoms with Crippen LogP contribution in [0.4, 0.5) is 5.69 Å². The maximum atomic E-state index is 9.74. The number of fused-ring (bicyclic) bond motifs is 1. The van der Waals surface area contributed by atoms with E-state index in [0.29, 0.717) is 17.8 Å². The predicted molar refractivity (Wildman–Crippen MR) is 96.0 cm³/mol. The van der Waals surface area contributed by atoms with E-state index in [-0.39, 0.29) is 5.75 Å². The minimum Gasteiger partial charge on any atom is -0.508 e. The number of phenols is 1. The Kier molecular flexibility index (Phi) is 4.14. The molecule has 4 heteroatoms. The number of hydrogen-bond acceptors (Lipinski definition) is 3. The van der Waals surface area contributed by atoms with E-state index in [4.69, 9.17) is 0 Å². The van der Waals surface area contributed by atoms with Gasteiger partial charge < -0.3 is 15.0 Å². The summed E-state index contributed by atoms with van der Waals surface area (Å²) in [4.78, 5) is 0. The Labute approximate surface area is 141 Å². The largest absolute Gasteiger partial charge is 0.508 e. The summed E-state index contributed by atoms with van der Waals surface area (Å²) < 4.78 is 1.96. The minimum absolute atomic E-state index is 0.182. The fraction of sp³-hybridized carbons (Fsp3) is 0.150. The monoisotopic (exact) mass is 315 g/mol. The highest BCUT2D eigenvalue weighted by Gasteiger charge is 2.15. The third-order valence-electron chi connectivity index (χ3n) is 3.98. The van der Waals surface area contributed by atoms with Crippen LogP contribution in [0, 0.1) is 23.2 Å². The number of aryl methyl sites for hydroxylation is 1. The topological polar surface area (TPSA) is 61.0 Å². The molecule has 0 amide bonds. The van der Waals surface area contributed by atoms with Crippen molar-refractivity contribution in [1.82, 2.24) is 4.57 Å². The fourth-order valence-corrected chi connectivity index (χ4v) is 2.76. The Hall–Kier alpha value is -3.37. The van der Waals surface area contributed by atoms with Crippen molar-refractivity contribution in [3.05, 3.63) is 59.3 Å². The van der Waals surface area contributed by atoms with Crippen LogP contribution in [0.5, 0.6) is 5.75 Å². The van der Waals surface area contributed by atoms with Crippen molar-refractivity contribution in [3.63, 3.8) is 0 Å². The van der Waals surface area contributed by atoms with E-state index in [2.05, 4.69) is 23.2 Å². The average Bonchev–Trinajstić information content (AvgIpc) is 2.91. The molecule has 3 rings (SSSR count). The molecule has 2 N–H and O–H groups in total. The zero-order chi connectivity index (χ0) is 17.1. The lowest BCUT2D eigenvalue weighted by atomic mass is 10.1. The maximum Gasteiger partial charge on any atom is 0.117 e. The van der Waals surface area contributed by atoms with E-state index < -0.39 is 0 Å². The first-order chi connectivity index (χ1) is 11.7. The third-order valence-corrected chi connectivity index (χ3v) is 3.98. The van der Waals surface area contributed by atoms with Gasteiger partial charge in [-0.2, -0.15) is 5.26 Å². The van der Waals surface area contributed by atoms with E-state index in [0.717, 1.165) is 22.2 Å². The molecule has 4 nitrogen and oxygen atoms in total. The number of nitrogens with zero attached hydrogens (tertiary/aromatic N) is 2. The zero-order valence-electron chi connectivity index (χ0n) is 13.6. The molecule has 0 saturated carbocycles. The van der Waals surface area contributed by atoms with Crippen molar-refractivity contribution < 1.29 is 5.11 Å². The molecule has 1 aromatic heterocycles. The third kappa shape index (κ3) is 2.66. The maximum absolute atomic E-state index is 9.74. The molecule has 2 aromatic carbocycles. The lowest BCUT2D eigenvalue weighted by molar-refractivity contribution is 0.476. The Bertz CT molecular complexity index is 996. The molecule has 118 valence electrons. The second-order valence-electron chi connectivity index (χ2n) is 5.36.